The first kappa shape index (κ1) is 16.2. The number of sulfonamides is 1. The van der Waals surface area contributed by atoms with E-state index in [1.165, 1.54) is 6.07 Å². The number of Topliss-reactive ketones (excluding diaryl/α,β-unsaturated/α-hetero) is 1. The molecule has 0 unspecified atom stereocenters. The molecule has 1 aromatic carbocycles. The summed E-state index contributed by atoms with van der Waals surface area (Å²) >= 11 is 0. The molecule has 0 aliphatic carbocycles. The van der Waals surface area contributed by atoms with Crippen molar-refractivity contribution in [1.82, 2.24) is 4.31 Å². The van der Waals surface area contributed by atoms with Crippen molar-refractivity contribution in [3.05, 3.63) is 29.3 Å². The van der Waals surface area contributed by atoms with Gasteiger partial charge in [0.25, 0.3) is 0 Å². The molecule has 0 radical (unpaired) electrons. The SMILES string of the molecule is CCC(=O)c1ccc(C)c(S(=O)(=O)N2CCC(C)CC2)c1. The Morgan fingerprint density at radius 2 is 1.90 bits per heavy atom. The zero-order valence-corrected chi connectivity index (χ0v) is 13.7. The molecule has 1 heterocycles. The lowest BCUT2D eigenvalue weighted by atomic mass is 10.0. The average Bonchev–Trinajstić information content (AvgIpc) is 2.47. The third-order valence-corrected chi connectivity index (χ3v) is 6.23. The summed E-state index contributed by atoms with van der Waals surface area (Å²) in [4.78, 5) is 12.1. The van der Waals surface area contributed by atoms with Gasteiger partial charge in [-0.3, -0.25) is 4.79 Å². The number of hydrogen-bond acceptors (Lipinski definition) is 3. The van der Waals surface area contributed by atoms with E-state index in [0.29, 0.717) is 36.6 Å². The van der Waals surface area contributed by atoms with Crippen LogP contribution in [0.1, 0.15) is 49.0 Å². The molecule has 1 saturated heterocycles. The highest BCUT2D eigenvalue weighted by Crippen LogP contribution is 2.26. The van der Waals surface area contributed by atoms with E-state index in [0.717, 1.165) is 12.8 Å². The Balaban J connectivity index is 2.37. The van der Waals surface area contributed by atoms with Gasteiger partial charge in [0.2, 0.25) is 10.0 Å². The predicted octanol–water partition coefficient (Wildman–Crippen LogP) is 3.01. The van der Waals surface area contributed by atoms with Crippen LogP contribution in [-0.4, -0.2) is 31.6 Å². The fourth-order valence-corrected chi connectivity index (χ4v) is 4.34. The van der Waals surface area contributed by atoms with Crippen LogP contribution >= 0.6 is 0 Å². The lowest BCUT2D eigenvalue weighted by Gasteiger charge is -2.30. The molecule has 4 nitrogen and oxygen atoms in total. The quantitative estimate of drug-likeness (QED) is 0.803. The monoisotopic (exact) mass is 309 g/mol. The molecule has 1 aliphatic rings. The van der Waals surface area contributed by atoms with Gasteiger partial charge in [0.15, 0.2) is 5.78 Å². The first-order chi connectivity index (χ1) is 9.86. The van der Waals surface area contributed by atoms with Crippen molar-refractivity contribution in [2.45, 2.75) is 44.9 Å². The zero-order chi connectivity index (χ0) is 15.6. The minimum absolute atomic E-state index is 0.0290. The molecule has 1 aromatic rings. The molecular formula is C16H23NO3S. The Hall–Kier alpha value is -1.20. The van der Waals surface area contributed by atoms with Crippen molar-refractivity contribution in [1.29, 1.82) is 0 Å². The number of hydrogen-bond donors (Lipinski definition) is 0. The van der Waals surface area contributed by atoms with Gasteiger partial charge in [-0.15, -0.1) is 0 Å². The van der Waals surface area contributed by atoms with E-state index in [9.17, 15) is 13.2 Å². The summed E-state index contributed by atoms with van der Waals surface area (Å²) < 4.78 is 27.1. The van der Waals surface area contributed by atoms with Crippen LogP contribution in [0, 0.1) is 12.8 Å². The zero-order valence-electron chi connectivity index (χ0n) is 12.9. The molecule has 116 valence electrons. The van der Waals surface area contributed by atoms with Crippen LogP contribution in [0.3, 0.4) is 0 Å². The fourth-order valence-electron chi connectivity index (χ4n) is 2.62. The Morgan fingerprint density at radius 3 is 2.48 bits per heavy atom. The van der Waals surface area contributed by atoms with Gasteiger partial charge in [-0.1, -0.05) is 26.0 Å². The lowest BCUT2D eigenvalue weighted by Crippen LogP contribution is -2.38. The maximum Gasteiger partial charge on any atom is 0.243 e. The van der Waals surface area contributed by atoms with Crippen molar-refractivity contribution < 1.29 is 13.2 Å². The van der Waals surface area contributed by atoms with Gasteiger partial charge < -0.3 is 0 Å². The third kappa shape index (κ3) is 3.35. The van der Waals surface area contributed by atoms with E-state index in [1.807, 2.05) is 0 Å². The van der Waals surface area contributed by atoms with E-state index in [4.69, 9.17) is 0 Å². The summed E-state index contributed by atoms with van der Waals surface area (Å²) in [6, 6.07) is 4.97. The third-order valence-electron chi connectivity index (χ3n) is 4.19. The normalized spacial score (nSPS) is 17.9. The highest BCUT2D eigenvalue weighted by molar-refractivity contribution is 7.89. The highest BCUT2D eigenvalue weighted by atomic mass is 32.2. The molecule has 5 heteroatoms. The number of rotatable bonds is 4. The van der Waals surface area contributed by atoms with Gasteiger partial charge >= 0.3 is 0 Å². The van der Waals surface area contributed by atoms with E-state index in [1.54, 1.807) is 30.3 Å². The van der Waals surface area contributed by atoms with Crippen molar-refractivity contribution in [2.75, 3.05) is 13.1 Å². The van der Waals surface area contributed by atoms with Crippen LogP contribution in [0.5, 0.6) is 0 Å². The molecule has 0 spiro atoms. The van der Waals surface area contributed by atoms with Crippen LogP contribution in [0.25, 0.3) is 0 Å². The van der Waals surface area contributed by atoms with Crippen molar-refractivity contribution in [3.8, 4) is 0 Å². The number of piperidine rings is 1. The average molecular weight is 309 g/mol. The number of aryl methyl sites for hydroxylation is 1. The van der Waals surface area contributed by atoms with Gasteiger partial charge in [-0.25, -0.2) is 8.42 Å². The number of carbonyl (C=O) groups is 1. The highest BCUT2D eigenvalue weighted by Gasteiger charge is 2.29. The van der Waals surface area contributed by atoms with Crippen molar-refractivity contribution in [2.24, 2.45) is 5.92 Å². The number of nitrogens with zero attached hydrogens (tertiary/aromatic N) is 1. The second-order valence-electron chi connectivity index (χ2n) is 5.84. The molecule has 21 heavy (non-hydrogen) atoms. The summed E-state index contributed by atoms with van der Waals surface area (Å²) in [7, 11) is -3.50. The number of carbonyl (C=O) groups excluding carboxylic acids is 1. The predicted molar refractivity (Wildman–Crippen MR) is 83.0 cm³/mol. The summed E-state index contributed by atoms with van der Waals surface area (Å²) in [6.07, 6.45) is 2.17. The van der Waals surface area contributed by atoms with Gasteiger partial charge in [-0.05, 0) is 37.3 Å². The molecule has 0 atom stereocenters. The fraction of sp³-hybridized carbons (Fsp3) is 0.562. The Labute approximate surface area is 127 Å². The molecule has 0 amide bonds. The molecule has 0 bridgehead atoms. The molecular weight excluding hydrogens is 286 g/mol. The Bertz CT molecular complexity index is 629. The standard InChI is InChI=1S/C16H23NO3S/c1-4-15(18)14-6-5-13(3)16(11-14)21(19,20)17-9-7-12(2)8-10-17/h5-6,11-12H,4,7-10H2,1-3H3. The van der Waals surface area contributed by atoms with Gasteiger partial charge in [-0.2, -0.15) is 4.31 Å². The number of ketones is 1. The molecule has 1 fully saturated rings. The molecule has 2 rings (SSSR count). The van der Waals surface area contributed by atoms with Crippen LogP contribution in [-0.2, 0) is 10.0 Å². The molecule has 0 N–H and O–H groups in total. The maximum atomic E-state index is 12.8. The van der Waals surface area contributed by atoms with Crippen molar-refractivity contribution in [3.63, 3.8) is 0 Å². The largest absolute Gasteiger partial charge is 0.294 e. The lowest BCUT2D eigenvalue weighted by molar-refractivity contribution is 0.0988. The second kappa shape index (κ2) is 6.28. The van der Waals surface area contributed by atoms with Crippen molar-refractivity contribution >= 4 is 15.8 Å². The Morgan fingerprint density at radius 1 is 1.29 bits per heavy atom. The Kier molecular flexibility index (Phi) is 4.84. The van der Waals surface area contributed by atoms with Gasteiger partial charge in [0.05, 0.1) is 4.90 Å². The molecule has 0 aromatic heterocycles. The summed E-state index contributed by atoms with van der Waals surface area (Å²) in [5, 5.41) is 0. The second-order valence-corrected chi connectivity index (χ2v) is 7.75. The smallest absolute Gasteiger partial charge is 0.243 e. The maximum absolute atomic E-state index is 12.8. The first-order valence-electron chi connectivity index (χ1n) is 7.50. The molecule has 0 saturated carbocycles. The summed E-state index contributed by atoms with van der Waals surface area (Å²) in [5.41, 5.74) is 1.17. The first-order valence-corrected chi connectivity index (χ1v) is 8.94. The van der Waals surface area contributed by atoms with E-state index in [2.05, 4.69) is 6.92 Å². The van der Waals surface area contributed by atoms with E-state index < -0.39 is 10.0 Å². The van der Waals surface area contributed by atoms with Crippen LogP contribution in [0.15, 0.2) is 23.1 Å². The molecule has 1 aliphatic heterocycles. The minimum Gasteiger partial charge on any atom is -0.294 e. The van der Waals surface area contributed by atoms with Crippen LogP contribution in [0.2, 0.25) is 0 Å². The summed E-state index contributed by atoms with van der Waals surface area (Å²) in [5.74, 6) is 0.546. The minimum atomic E-state index is -3.50. The van der Waals surface area contributed by atoms with E-state index >= 15 is 0 Å². The number of benzene rings is 1. The van der Waals surface area contributed by atoms with Gasteiger partial charge in [0.1, 0.15) is 0 Å². The van der Waals surface area contributed by atoms with E-state index in [-0.39, 0.29) is 10.7 Å². The topological polar surface area (TPSA) is 54.5 Å². The summed E-state index contributed by atoms with van der Waals surface area (Å²) in [6.45, 7) is 6.83. The van der Waals surface area contributed by atoms with Crippen LogP contribution < -0.4 is 0 Å². The van der Waals surface area contributed by atoms with Crippen LogP contribution in [0.4, 0.5) is 0 Å². The van der Waals surface area contributed by atoms with Gasteiger partial charge in [0, 0.05) is 25.1 Å².